The summed E-state index contributed by atoms with van der Waals surface area (Å²) in [6.45, 7) is 2.25. The minimum atomic E-state index is -0.244. The molecule has 0 unspecified atom stereocenters. The van der Waals surface area contributed by atoms with Crippen LogP contribution in [0.4, 0.5) is 0 Å². The van der Waals surface area contributed by atoms with Gasteiger partial charge in [0.15, 0.2) is 0 Å². The summed E-state index contributed by atoms with van der Waals surface area (Å²) >= 11 is 5.95. The number of carbonyl (C=O) groups excluding carboxylic acids is 1. The second-order valence-corrected chi connectivity index (χ2v) is 5.19. The maximum Gasteiger partial charge on any atom is 0.272 e. The van der Waals surface area contributed by atoms with E-state index < -0.39 is 0 Å². The molecular formula is C14H17ClN2O. The molecule has 4 heteroatoms. The topological polar surface area (TPSA) is 41.5 Å². The van der Waals surface area contributed by atoms with Crippen molar-refractivity contribution in [1.82, 2.24) is 5.43 Å². The molecule has 0 radical (unpaired) electrons. The second-order valence-electron chi connectivity index (χ2n) is 4.78. The van der Waals surface area contributed by atoms with E-state index >= 15 is 0 Å². The lowest BCUT2D eigenvalue weighted by Crippen LogP contribution is -2.22. The Kier molecular flexibility index (Phi) is 4.37. The van der Waals surface area contributed by atoms with Gasteiger partial charge in [-0.3, -0.25) is 4.79 Å². The average molecular weight is 265 g/mol. The van der Waals surface area contributed by atoms with Gasteiger partial charge < -0.3 is 0 Å². The zero-order chi connectivity index (χ0) is 13.0. The van der Waals surface area contributed by atoms with Gasteiger partial charge in [-0.05, 0) is 43.7 Å². The van der Waals surface area contributed by atoms with Crippen molar-refractivity contribution in [2.24, 2.45) is 11.0 Å². The molecule has 1 fully saturated rings. The van der Waals surface area contributed by atoms with E-state index in [0.29, 0.717) is 10.6 Å². The summed E-state index contributed by atoms with van der Waals surface area (Å²) in [5, 5.41) is 4.64. The van der Waals surface area contributed by atoms with Gasteiger partial charge in [-0.2, -0.15) is 5.10 Å². The minimum absolute atomic E-state index is 0.244. The first-order chi connectivity index (χ1) is 8.66. The quantitative estimate of drug-likeness (QED) is 0.814. The number of benzene rings is 1. The second kappa shape index (κ2) is 6.01. The number of rotatable bonds is 2. The molecule has 0 aromatic heterocycles. The highest BCUT2D eigenvalue weighted by Gasteiger charge is 2.14. The normalized spacial score (nSPS) is 19.4. The van der Waals surface area contributed by atoms with Crippen LogP contribution in [0, 0.1) is 5.92 Å². The summed E-state index contributed by atoms with van der Waals surface area (Å²) in [7, 11) is 0. The Morgan fingerprint density at radius 1 is 1.33 bits per heavy atom. The molecule has 1 amide bonds. The Morgan fingerprint density at radius 2 is 2.00 bits per heavy atom. The fourth-order valence-electron chi connectivity index (χ4n) is 2.04. The van der Waals surface area contributed by atoms with E-state index in [1.165, 1.54) is 0 Å². The van der Waals surface area contributed by atoms with Gasteiger partial charge in [-0.15, -0.1) is 0 Å². The van der Waals surface area contributed by atoms with E-state index in [1.807, 2.05) is 0 Å². The van der Waals surface area contributed by atoms with Crippen molar-refractivity contribution in [2.75, 3.05) is 0 Å². The van der Waals surface area contributed by atoms with E-state index in [2.05, 4.69) is 17.5 Å². The highest BCUT2D eigenvalue weighted by Crippen LogP contribution is 2.21. The third-order valence-electron chi connectivity index (χ3n) is 3.29. The zero-order valence-corrected chi connectivity index (χ0v) is 11.2. The van der Waals surface area contributed by atoms with Gasteiger partial charge in [-0.1, -0.05) is 30.7 Å². The van der Waals surface area contributed by atoms with Crippen molar-refractivity contribution >= 4 is 23.2 Å². The van der Waals surface area contributed by atoms with Crippen molar-refractivity contribution < 1.29 is 4.79 Å². The fraction of sp³-hybridized carbons (Fsp3) is 0.429. The van der Waals surface area contributed by atoms with Gasteiger partial charge in [0.2, 0.25) is 0 Å². The molecule has 1 aliphatic rings. The molecule has 1 N–H and O–H groups in total. The largest absolute Gasteiger partial charge is 0.272 e. The van der Waals surface area contributed by atoms with E-state index in [1.54, 1.807) is 24.3 Å². The third-order valence-corrected chi connectivity index (χ3v) is 3.62. The van der Waals surface area contributed by atoms with Gasteiger partial charge in [0, 0.05) is 5.71 Å². The van der Waals surface area contributed by atoms with Gasteiger partial charge in [0.25, 0.3) is 5.91 Å². The number of hydrogen-bond donors (Lipinski definition) is 1. The highest BCUT2D eigenvalue weighted by atomic mass is 35.5. The molecule has 18 heavy (non-hydrogen) atoms. The Hall–Kier alpha value is -1.35. The number of halogens is 1. The highest BCUT2D eigenvalue weighted by molar-refractivity contribution is 6.33. The lowest BCUT2D eigenvalue weighted by Gasteiger charge is -2.18. The predicted molar refractivity (Wildman–Crippen MR) is 74.0 cm³/mol. The Labute approximate surface area is 112 Å². The first kappa shape index (κ1) is 13.1. The minimum Gasteiger partial charge on any atom is -0.267 e. The van der Waals surface area contributed by atoms with Gasteiger partial charge in [0.05, 0.1) is 10.6 Å². The van der Waals surface area contributed by atoms with E-state index in [9.17, 15) is 4.79 Å². The van der Waals surface area contributed by atoms with E-state index in [4.69, 9.17) is 11.6 Å². The van der Waals surface area contributed by atoms with Crippen LogP contribution in [0.25, 0.3) is 0 Å². The summed E-state index contributed by atoms with van der Waals surface area (Å²) in [6, 6.07) is 6.98. The molecular weight excluding hydrogens is 248 g/mol. The van der Waals surface area contributed by atoms with E-state index in [0.717, 1.165) is 37.3 Å². The van der Waals surface area contributed by atoms with Crippen LogP contribution < -0.4 is 5.43 Å². The first-order valence-corrected chi connectivity index (χ1v) is 6.65. The number of nitrogens with zero attached hydrogens (tertiary/aromatic N) is 1. The maximum absolute atomic E-state index is 11.9. The molecule has 0 atom stereocenters. The lowest BCUT2D eigenvalue weighted by atomic mass is 9.90. The molecule has 0 heterocycles. The summed E-state index contributed by atoms with van der Waals surface area (Å²) in [6.07, 6.45) is 4.26. The monoisotopic (exact) mass is 264 g/mol. The van der Waals surface area contributed by atoms with Crippen molar-refractivity contribution in [3.05, 3.63) is 34.9 Å². The van der Waals surface area contributed by atoms with E-state index in [-0.39, 0.29) is 5.91 Å². The summed E-state index contributed by atoms with van der Waals surface area (Å²) in [5.74, 6) is 0.523. The summed E-state index contributed by atoms with van der Waals surface area (Å²) < 4.78 is 0. The van der Waals surface area contributed by atoms with Crippen LogP contribution in [0.5, 0.6) is 0 Å². The van der Waals surface area contributed by atoms with Crippen LogP contribution >= 0.6 is 11.6 Å². The molecule has 1 saturated carbocycles. The number of nitrogens with one attached hydrogen (secondary N) is 1. The predicted octanol–water partition coefficient (Wildman–Crippen LogP) is 3.64. The summed E-state index contributed by atoms with van der Waals surface area (Å²) in [4.78, 5) is 11.9. The maximum atomic E-state index is 11.9. The van der Waals surface area contributed by atoms with Gasteiger partial charge in [-0.25, -0.2) is 5.43 Å². The fourth-order valence-corrected chi connectivity index (χ4v) is 2.26. The third kappa shape index (κ3) is 3.33. The first-order valence-electron chi connectivity index (χ1n) is 6.27. The van der Waals surface area contributed by atoms with Crippen molar-refractivity contribution in [1.29, 1.82) is 0 Å². The lowest BCUT2D eigenvalue weighted by molar-refractivity contribution is 0.0954. The van der Waals surface area contributed by atoms with Crippen molar-refractivity contribution in [2.45, 2.75) is 32.6 Å². The van der Waals surface area contributed by atoms with Crippen molar-refractivity contribution in [3.63, 3.8) is 0 Å². The van der Waals surface area contributed by atoms with Crippen molar-refractivity contribution in [3.8, 4) is 0 Å². The Bertz CT molecular complexity index is 461. The molecule has 0 saturated heterocycles. The van der Waals surface area contributed by atoms with Crippen LogP contribution in [-0.4, -0.2) is 11.6 Å². The Balaban J connectivity index is 1.96. The molecule has 1 aromatic rings. The number of amides is 1. The molecule has 3 nitrogen and oxygen atoms in total. The smallest absolute Gasteiger partial charge is 0.267 e. The van der Waals surface area contributed by atoms with Crippen LogP contribution in [0.2, 0.25) is 5.02 Å². The summed E-state index contributed by atoms with van der Waals surface area (Å²) in [5.41, 5.74) is 4.13. The molecule has 2 rings (SSSR count). The number of hydrogen-bond acceptors (Lipinski definition) is 2. The molecule has 0 spiro atoms. The average Bonchev–Trinajstić information content (AvgIpc) is 2.38. The van der Waals surface area contributed by atoms with Gasteiger partial charge >= 0.3 is 0 Å². The number of hydrazone groups is 1. The number of carbonyl (C=O) groups is 1. The molecule has 1 aliphatic carbocycles. The van der Waals surface area contributed by atoms with Crippen LogP contribution in [0.1, 0.15) is 43.0 Å². The van der Waals surface area contributed by atoms with Crippen LogP contribution in [0.15, 0.2) is 29.4 Å². The molecule has 0 aliphatic heterocycles. The van der Waals surface area contributed by atoms with Crippen LogP contribution in [-0.2, 0) is 0 Å². The van der Waals surface area contributed by atoms with Crippen LogP contribution in [0.3, 0.4) is 0 Å². The SMILES string of the molecule is CC1CCC(=NNC(=O)c2ccccc2Cl)CC1. The standard InChI is InChI=1S/C14H17ClN2O/c1-10-6-8-11(9-7-10)16-17-14(18)12-4-2-3-5-13(12)15/h2-5,10H,6-9H2,1H3,(H,17,18). The van der Waals surface area contributed by atoms with Gasteiger partial charge in [0.1, 0.15) is 0 Å². The molecule has 0 bridgehead atoms. The Morgan fingerprint density at radius 3 is 2.67 bits per heavy atom. The zero-order valence-electron chi connectivity index (χ0n) is 10.4. The molecule has 96 valence electrons. The molecule has 1 aromatic carbocycles.